The molecular formula is C19H14N2OS2. The first-order valence-electron chi connectivity index (χ1n) is 7.54. The van der Waals surface area contributed by atoms with Gasteiger partial charge >= 0.3 is 0 Å². The smallest absolute Gasteiger partial charge is 0.241 e. The summed E-state index contributed by atoms with van der Waals surface area (Å²) in [6.07, 6.45) is 3.49. The molecule has 0 aliphatic carbocycles. The lowest BCUT2D eigenvalue weighted by Gasteiger charge is -2.31. The van der Waals surface area contributed by atoms with Crippen LogP contribution in [-0.4, -0.2) is 16.6 Å². The molecule has 1 amide bonds. The third kappa shape index (κ3) is 2.92. The zero-order chi connectivity index (χ0) is 16.4. The number of pyridine rings is 1. The van der Waals surface area contributed by atoms with E-state index >= 15 is 0 Å². The largest absolute Gasteiger partial charge is 0.278 e. The second-order valence-corrected chi connectivity index (χ2v) is 7.37. The van der Waals surface area contributed by atoms with E-state index in [0.29, 0.717) is 5.75 Å². The van der Waals surface area contributed by atoms with Gasteiger partial charge in [-0.2, -0.15) is 0 Å². The number of benzene rings is 2. The molecule has 0 fully saturated rings. The number of hydrogen-bond acceptors (Lipinski definition) is 4. The summed E-state index contributed by atoms with van der Waals surface area (Å²) < 4.78 is 0. The number of carbonyl (C=O) groups is 1. The van der Waals surface area contributed by atoms with Crippen molar-refractivity contribution in [1.82, 2.24) is 4.98 Å². The molecule has 0 bridgehead atoms. The number of para-hydroxylation sites is 2. The highest BCUT2D eigenvalue weighted by Crippen LogP contribution is 2.48. The maximum Gasteiger partial charge on any atom is 0.241 e. The van der Waals surface area contributed by atoms with E-state index in [1.807, 2.05) is 53.4 Å². The Morgan fingerprint density at radius 1 is 0.917 bits per heavy atom. The molecule has 0 saturated heterocycles. The molecule has 0 unspecified atom stereocenters. The average molecular weight is 350 g/mol. The zero-order valence-corrected chi connectivity index (χ0v) is 14.4. The molecule has 1 aliphatic heterocycles. The van der Waals surface area contributed by atoms with Crippen LogP contribution in [0.25, 0.3) is 0 Å². The van der Waals surface area contributed by atoms with E-state index in [4.69, 9.17) is 0 Å². The lowest BCUT2D eigenvalue weighted by molar-refractivity contribution is -0.115. The Morgan fingerprint density at radius 3 is 2.12 bits per heavy atom. The SMILES string of the molecule is O=C(CSc1ccncc1)N1c2ccccc2Sc2ccccc21. The Balaban J connectivity index is 1.65. The summed E-state index contributed by atoms with van der Waals surface area (Å²) in [5, 5.41) is 0. The van der Waals surface area contributed by atoms with Gasteiger partial charge in [0.2, 0.25) is 5.91 Å². The quantitative estimate of drug-likeness (QED) is 0.622. The standard InChI is InChI=1S/C19H14N2OS2/c22-19(13-23-14-9-11-20-12-10-14)21-15-5-1-3-7-17(15)24-18-8-4-2-6-16(18)21/h1-12H,13H2. The van der Waals surface area contributed by atoms with E-state index in [1.165, 1.54) is 11.8 Å². The molecule has 2 aromatic carbocycles. The van der Waals surface area contributed by atoms with E-state index in [1.54, 1.807) is 24.2 Å². The molecule has 3 aromatic rings. The molecule has 2 heterocycles. The zero-order valence-electron chi connectivity index (χ0n) is 12.8. The van der Waals surface area contributed by atoms with Gasteiger partial charge in [-0.1, -0.05) is 36.0 Å². The monoisotopic (exact) mass is 350 g/mol. The van der Waals surface area contributed by atoms with Crippen LogP contribution >= 0.6 is 23.5 Å². The fourth-order valence-corrected chi connectivity index (χ4v) is 4.41. The van der Waals surface area contributed by atoms with Crippen molar-refractivity contribution in [3.63, 3.8) is 0 Å². The van der Waals surface area contributed by atoms with Crippen molar-refractivity contribution in [3.05, 3.63) is 73.1 Å². The van der Waals surface area contributed by atoms with Gasteiger partial charge in [0, 0.05) is 27.1 Å². The van der Waals surface area contributed by atoms with Crippen LogP contribution in [0.5, 0.6) is 0 Å². The molecule has 24 heavy (non-hydrogen) atoms. The van der Waals surface area contributed by atoms with Crippen molar-refractivity contribution in [1.29, 1.82) is 0 Å². The molecule has 3 nitrogen and oxygen atoms in total. The van der Waals surface area contributed by atoms with Crippen LogP contribution in [0.3, 0.4) is 0 Å². The lowest BCUT2D eigenvalue weighted by atomic mass is 10.2. The first-order valence-corrected chi connectivity index (χ1v) is 9.35. The van der Waals surface area contributed by atoms with E-state index in [2.05, 4.69) is 17.1 Å². The molecule has 0 atom stereocenters. The van der Waals surface area contributed by atoms with Crippen molar-refractivity contribution >= 4 is 40.8 Å². The maximum atomic E-state index is 13.0. The number of aromatic nitrogens is 1. The number of thioether (sulfide) groups is 1. The van der Waals surface area contributed by atoms with Gasteiger partial charge in [-0.25, -0.2) is 0 Å². The van der Waals surface area contributed by atoms with Crippen molar-refractivity contribution in [2.24, 2.45) is 0 Å². The minimum Gasteiger partial charge on any atom is -0.278 e. The first kappa shape index (κ1) is 15.3. The number of rotatable bonds is 3. The Kier molecular flexibility index (Phi) is 4.28. The third-order valence-corrected chi connectivity index (χ3v) is 5.82. The van der Waals surface area contributed by atoms with Gasteiger partial charge in [-0.05, 0) is 36.4 Å². The van der Waals surface area contributed by atoms with Crippen LogP contribution in [0, 0.1) is 0 Å². The predicted molar refractivity (Wildman–Crippen MR) is 99.1 cm³/mol. The van der Waals surface area contributed by atoms with Gasteiger partial charge in [-0.3, -0.25) is 14.7 Å². The van der Waals surface area contributed by atoms with Gasteiger partial charge in [0.05, 0.1) is 17.1 Å². The van der Waals surface area contributed by atoms with Gasteiger partial charge in [0.1, 0.15) is 0 Å². The molecule has 5 heteroatoms. The molecule has 4 rings (SSSR count). The van der Waals surface area contributed by atoms with Gasteiger partial charge in [0.15, 0.2) is 0 Å². The molecule has 118 valence electrons. The Morgan fingerprint density at radius 2 is 1.50 bits per heavy atom. The molecular weight excluding hydrogens is 336 g/mol. The van der Waals surface area contributed by atoms with Crippen molar-refractivity contribution in [3.8, 4) is 0 Å². The van der Waals surface area contributed by atoms with Gasteiger partial charge in [-0.15, -0.1) is 11.8 Å². The van der Waals surface area contributed by atoms with E-state index in [0.717, 1.165) is 26.1 Å². The van der Waals surface area contributed by atoms with Gasteiger partial charge in [0.25, 0.3) is 0 Å². The number of hydrogen-bond donors (Lipinski definition) is 0. The summed E-state index contributed by atoms with van der Waals surface area (Å²) in [6.45, 7) is 0. The van der Waals surface area contributed by atoms with Crippen molar-refractivity contribution < 1.29 is 4.79 Å². The first-order chi connectivity index (χ1) is 11.8. The fourth-order valence-electron chi connectivity index (χ4n) is 2.62. The van der Waals surface area contributed by atoms with E-state index < -0.39 is 0 Å². The number of fused-ring (bicyclic) bond motifs is 2. The molecule has 0 radical (unpaired) electrons. The minimum absolute atomic E-state index is 0.0806. The lowest BCUT2D eigenvalue weighted by Crippen LogP contribution is -2.29. The predicted octanol–water partition coefficient (Wildman–Crippen LogP) is 5.00. The highest BCUT2D eigenvalue weighted by atomic mass is 32.2. The molecule has 0 saturated carbocycles. The van der Waals surface area contributed by atoms with Gasteiger partial charge < -0.3 is 0 Å². The summed E-state index contributed by atoms with van der Waals surface area (Å²) in [7, 11) is 0. The average Bonchev–Trinajstić information content (AvgIpc) is 2.65. The van der Waals surface area contributed by atoms with E-state index in [9.17, 15) is 4.79 Å². The Bertz CT molecular complexity index is 838. The normalized spacial score (nSPS) is 12.4. The summed E-state index contributed by atoms with van der Waals surface area (Å²) in [5.41, 5.74) is 1.92. The van der Waals surface area contributed by atoms with Crippen LogP contribution < -0.4 is 4.90 Å². The Labute approximate surface area is 149 Å². The fraction of sp³-hybridized carbons (Fsp3) is 0.0526. The number of anilines is 2. The van der Waals surface area contributed by atoms with Crippen LogP contribution in [-0.2, 0) is 4.79 Å². The number of amides is 1. The molecule has 0 N–H and O–H groups in total. The molecule has 0 spiro atoms. The van der Waals surface area contributed by atoms with Crippen molar-refractivity contribution in [2.75, 3.05) is 10.7 Å². The van der Waals surface area contributed by atoms with Crippen LogP contribution in [0.2, 0.25) is 0 Å². The number of nitrogens with zero attached hydrogens (tertiary/aromatic N) is 2. The Hall–Kier alpha value is -2.24. The number of carbonyl (C=O) groups excluding carboxylic acids is 1. The third-order valence-electron chi connectivity index (χ3n) is 3.69. The van der Waals surface area contributed by atoms with Crippen LogP contribution in [0.4, 0.5) is 11.4 Å². The second kappa shape index (κ2) is 6.71. The highest BCUT2D eigenvalue weighted by molar-refractivity contribution is 8.00. The summed E-state index contributed by atoms with van der Waals surface area (Å²) in [4.78, 5) is 22.1. The summed E-state index contributed by atoms with van der Waals surface area (Å²) >= 11 is 3.24. The minimum atomic E-state index is 0.0806. The highest BCUT2D eigenvalue weighted by Gasteiger charge is 2.27. The molecule has 1 aromatic heterocycles. The summed E-state index contributed by atoms with van der Waals surface area (Å²) in [6, 6.07) is 20.0. The topological polar surface area (TPSA) is 33.2 Å². The second-order valence-electron chi connectivity index (χ2n) is 5.24. The van der Waals surface area contributed by atoms with Crippen LogP contribution in [0.1, 0.15) is 0 Å². The summed E-state index contributed by atoms with van der Waals surface area (Å²) in [5.74, 6) is 0.467. The molecule has 1 aliphatic rings. The maximum absolute atomic E-state index is 13.0. The van der Waals surface area contributed by atoms with E-state index in [-0.39, 0.29) is 5.91 Å². The van der Waals surface area contributed by atoms with Crippen LogP contribution in [0.15, 0.2) is 87.7 Å². The van der Waals surface area contributed by atoms with Crippen molar-refractivity contribution in [2.45, 2.75) is 14.7 Å².